The van der Waals surface area contributed by atoms with Crippen LogP contribution in [0.3, 0.4) is 0 Å². The Kier molecular flexibility index (Phi) is 1.32. The zero-order valence-corrected chi connectivity index (χ0v) is 4.90. The molecule has 0 N–H and O–H groups in total. The zero-order valence-electron chi connectivity index (χ0n) is 3.34. The SMILES string of the molecule is O=C1C[O][Ti](=[O])[O]1. The monoisotopic (exact) mass is 138 g/mol. The molecule has 1 aliphatic heterocycles. The summed E-state index contributed by atoms with van der Waals surface area (Å²) in [5.74, 6) is -0.509. The second-order valence-corrected chi connectivity index (χ2v) is 2.56. The third kappa shape index (κ3) is 1.16. The Labute approximate surface area is 46.5 Å². The van der Waals surface area contributed by atoms with E-state index in [-0.39, 0.29) is 6.61 Å². The summed E-state index contributed by atoms with van der Waals surface area (Å²) < 4.78 is 18.5. The first-order valence-electron chi connectivity index (χ1n) is 1.66. The van der Waals surface area contributed by atoms with Crippen LogP contribution in [0.25, 0.3) is 0 Å². The number of carbonyl (C=O) groups is 1. The molecule has 0 spiro atoms. The second-order valence-electron chi connectivity index (χ2n) is 1.01. The molecule has 1 fully saturated rings. The van der Waals surface area contributed by atoms with Gasteiger partial charge in [0.1, 0.15) is 0 Å². The molecule has 7 heavy (non-hydrogen) atoms. The van der Waals surface area contributed by atoms with Crippen molar-refractivity contribution in [2.24, 2.45) is 0 Å². The van der Waals surface area contributed by atoms with Gasteiger partial charge < -0.3 is 0 Å². The quantitative estimate of drug-likeness (QED) is 0.417. The van der Waals surface area contributed by atoms with Crippen LogP contribution in [0, 0.1) is 0 Å². The van der Waals surface area contributed by atoms with Crippen molar-refractivity contribution in [1.29, 1.82) is 0 Å². The van der Waals surface area contributed by atoms with Gasteiger partial charge in [0, 0.05) is 0 Å². The van der Waals surface area contributed by atoms with Crippen molar-refractivity contribution in [1.82, 2.24) is 0 Å². The van der Waals surface area contributed by atoms with Crippen LogP contribution in [0.2, 0.25) is 0 Å². The van der Waals surface area contributed by atoms with E-state index < -0.39 is 24.6 Å². The average molecular weight is 138 g/mol. The fourth-order valence-electron chi connectivity index (χ4n) is 0.270. The van der Waals surface area contributed by atoms with E-state index in [0.717, 1.165) is 0 Å². The van der Waals surface area contributed by atoms with E-state index >= 15 is 0 Å². The van der Waals surface area contributed by atoms with E-state index in [1.807, 2.05) is 0 Å². The van der Waals surface area contributed by atoms with Crippen LogP contribution in [0.15, 0.2) is 0 Å². The van der Waals surface area contributed by atoms with Crippen molar-refractivity contribution < 1.29 is 33.4 Å². The Morgan fingerprint density at radius 2 is 2.43 bits per heavy atom. The molecule has 0 aromatic rings. The fourth-order valence-corrected chi connectivity index (χ4v) is 1.11. The predicted octanol–water partition coefficient (Wildman–Crippen LogP) is -0.646. The van der Waals surface area contributed by atoms with Crippen LogP contribution in [0.4, 0.5) is 0 Å². The summed E-state index contributed by atoms with van der Waals surface area (Å²) in [5, 5.41) is 0. The summed E-state index contributed by atoms with van der Waals surface area (Å²) in [6.07, 6.45) is 0. The Morgan fingerprint density at radius 1 is 1.71 bits per heavy atom. The molecule has 0 aliphatic carbocycles. The van der Waals surface area contributed by atoms with E-state index in [1.54, 1.807) is 0 Å². The Hall–Kier alpha value is -0.0557. The third-order valence-electron chi connectivity index (χ3n) is 0.505. The first-order valence-corrected chi connectivity index (χ1v) is 3.58. The topological polar surface area (TPSA) is 52.6 Å². The van der Waals surface area contributed by atoms with Gasteiger partial charge in [0.15, 0.2) is 0 Å². The number of carbonyl (C=O) groups excluding carboxylic acids is 1. The molecule has 0 saturated carbocycles. The molecular weight excluding hydrogens is 136 g/mol. The van der Waals surface area contributed by atoms with E-state index in [4.69, 9.17) is 0 Å². The molecule has 0 unspecified atom stereocenters. The summed E-state index contributed by atoms with van der Waals surface area (Å²) in [6.45, 7) is -0.126. The summed E-state index contributed by atoms with van der Waals surface area (Å²) in [5.41, 5.74) is 0. The van der Waals surface area contributed by atoms with Crippen LogP contribution < -0.4 is 0 Å². The molecule has 0 amide bonds. The number of hydrogen-bond donors (Lipinski definition) is 0. The maximum absolute atomic E-state index is 10.0. The molecule has 0 aromatic heterocycles. The molecule has 38 valence electrons. The Bertz CT molecular complexity index is 105. The second kappa shape index (κ2) is 1.82. The van der Waals surface area contributed by atoms with E-state index in [1.165, 1.54) is 0 Å². The fraction of sp³-hybridized carbons (Fsp3) is 0.500. The third-order valence-corrected chi connectivity index (χ3v) is 1.71. The minimum atomic E-state index is -2.93. The Morgan fingerprint density at radius 3 is 2.57 bits per heavy atom. The van der Waals surface area contributed by atoms with Crippen molar-refractivity contribution in [2.75, 3.05) is 6.61 Å². The molecule has 1 rings (SSSR count). The number of rotatable bonds is 0. The molecule has 0 aromatic carbocycles. The zero-order chi connectivity index (χ0) is 5.28. The maximum atomic E-state index is 10.0. The molecule has 1 aliphatic rings. The van der Waals surface area contributed by atoms with Gasteiger partial charge in [-0.15, -0.1) is 0 Å². The van der Waals surface area contributed by atoms with Crippen molar-refractivity contribution in [2.45, 2.75) is 0 Å². The van der Waals surface area contributed by atoms with E-state index in [9.17, 15) is 8.12 Å². The summed E-state index contributed by atoms with van der Waals surface area (Å²) in [6, 6.07) is 0. The first kappa shape index (κ1) is 5.09. The van der Waals surface area contributed by atoms with Gasteiger partial charge in [0.25, 0.3) is 0 Å². The van der Waals surface area contributed by atoms with Crippen LogP contribution in [-0.2, 0) is 33.4 Å². The van der Waals surface area contributed by atoms with E-state index in [2.05, 4.69) is 6.64 Å². The molecule has 0 bridgehead atoms. The molecule has 1 heterocycles. The van der Waals surface area contributed by atoms with Crippen molar-refractivity contribution in [3.63, 3.8) is 0 Å². The van der Waals surface area contributed by atoms with Gasteiger partial charge in [-0.2, -0.15) is 0 Å². The minimum absolute atomic E-state index is 0.126. The van der Waals surface area contributed by atoms with E-state index in [0.29, 0.717) is 0 Å². The van der Waals surface area contributed by atoms with Crippen LogP contribution in [0.5, 0.6) is 0 Å². The van der Waals surface area contributed by atoms with Crippen LogP contribution >= 0.6 is 0 Å². The van der Waals surface area contributed by atoms with Gasteiger partial charge in [-0.05, 0) is 0 Å². The standard InChI is InChI=1S/C2H3O3.O.Ti/c3-1-2(4)5;;/h1H2,(H,4,5);;/q-1;;+2/p-1. The Balaban J connectivity index is 2.55. The number of hydrogen-bond acceptors (Lipinski definition) is 4. The molecule has 1 saturated heterocycles. The normalized spacial score (nSPS) is 20.0. The molecule has 0 radical (unpaired) electrons. The molecule has 5 heteroatoms. The van der Waals surface area contributed by atoms with Crippen molar-refractivity contribution >= 4 is 5.97 Å². The summed E-state index contributed by atoms with van der Waals surface area (Å²) in [4.78, 5) is 9.95. The van der Waals surface area contributed by atoms with Gasteiger partial charge in [-0.25, -0.2) is 0 Å². The van der Waals surface area contributed by atoms with Crippen LogP contribution in [0.1, 0.15) is 0 Å². The molecule has 0 atom stereocenters. The van der Waals surface area contributed by atoms with Crippen molar-refractivity contribution in [3.05, 3.63) is 0 Å². The average Bonchev–Trinajstić information content (AvgIpc) is 1.87. The van der Waals surface area contributed by atoms with Gasteiger partial charge >= 0.3 is 45.9 Å². The molecule has 4 nitrogen and oxygen atoms in total. The van der Waals surface area contributed by atoms with Gasteiger partial charge in [0.05, 0.1) is 0 Å². The van der Waals surface area contributed by atoms with Gasteiger partial charge in [0.2, 0.25) is 0 Å². The summed E-state index contributed by atoms with van der Waals surface area (Å²) >= 11 is -2.93. The van der Waals surface area contributed by atoms with Gasteiger partial charge in [-0.1, -0.05) is 0 Å². The van der Waals surface area contributed by atoms with Crippen LogP contribution in [-0.4, -0.2) is 12.6 Å². The van der Waals surface area contributed by atoms with Crippen molar-refractivity contribution in [3.8, 4) is 0 Å². The predicted molar refractivity (Wildman–Crippen MR) is 12.7 cm³/mol. The van der Waals surface area contributed by atoms with Gasteiger partial charge in [-0.3, -0.25) is 0 Å². The first-order chi connectivity index (χ1) is 3.29. The molecular formula is C2H2O4Ti. The summed E-state index contributed by atoms with van der Waals surface area (Å²) in [7, 11) is 0.